The summed E-state index contributed by atoms with van der Waals surface area (Å²) in [6, 6.07) is 8.14. The first-order valence-corrected chi connectivity index (χ1v) is 5.20. The number of carbonyl (C=O) groups is 1. The van der Waals surface area contributed by atoms with Gasteiger partial charge in [-0.3, -0.25) is 4.79 Å². The number of ketones is 1. The quantitative estimate of drug-likeness (QED) is 0.712. The summed E-state index contributed by atoms with van der Waals surface area (Å²) in [6.45, 7) is 4.14. The van der Waals surface area contributed by atoms with Gasteiger partial charge >= 0.3 is 0 Å². The normalized spacial score (nSPS) is 17.9. The highest BCUT2D eigenvalue weighted by Gasteiger charge is 2.43. The van der Waals surface area contributed by atoms with Gasteiger partial charge in [-0.1, -0.05) is 31.2 Å². The number of Topliss-reactive ketones (excluding diaryl/α,β-unsaturated/α-hetero) is 1. The van der Waals surface area contributed by atoms with Crippen molar-refractivity contribution in [2.75, 3.05) is 0 Å². The summed E-state index contributed by atoms with van der Waals surface area (Å²) < 4.78 is 0. The van der Waals surface area contributed by atoms with Gasteiger partial charge in [0, 0.05) is 11.8 Å². The lowest BCUT2D eigenvalue weighted by Crippen LogP contribution is -2.14. The van der Waals surface area contributed by atoms with Gasteiger partial charge in [0.1, 0.15) is 5.78 Å². The number of rotatable bonds is 3. The van der Waals surface area contributed by atoms with Gasteiger partial charge in [-0.2, -0.15) is 0 Å². The fourth-order valence-corrected chi connectivity index (χ4v) is 1.66. The number of hydrogen-bond donors (Lipinski definition) is 0. The summed E-state index contributed by atoms with van der Waals surface area (Å²) in [5.74, 6) is 0.409. The van der Waals surface area contributed by atoms with E-state index in [4.69, 9.17) is 0 Å². The van der Waals surface area contributed by atoms with Crippen LogP contribution >= 0.6 is 0 Å². The first-order valence-electron chi connectivity index (χ1n) is 5.20. The third-order valence-electron chi connectivity index (χ3n) is 3.29. The molecule has 2 rings (SSSR count). The standard InChI is InChI=1S/C13H16O/c1-10-5-3-4-6-11(10)9-12(14)13(2)7-8-13/h3-6H,7-9H2,1-2H3. The minimum absolute atomic E-state index is 0.0162. The number of benzene rings is 1. The molecule has 0 heterocycles. The van der Waals surface area contributed by atoms with Gasteiger partial charge in [0.25, 0.3) is 0 Å². The molecule has 0 amide bonds. The van der Waals surface area contributed by atoms with Gasteiger partial charge in [-0.05, 0) is 30.9 Å². The van der Waals surface area contributed by atoms with E-state index < -0.39 is 0 Å². The van der Waals surface area contributed by atoms with Crippen molar-refractivity contribution in [3.8, 4) is 0 Å². The SMILES string of the molecule is Cc1ccccc1CC(=O)C1(C)CC1. The predicted octanol–water partition coefficient (Wildman–Crippen LogP) is 2.91. The van der Waals surface area contributed by atoms with Crippen LogP contribution in [0.1, 0.15) is 30.9 Å². The van der Waals surface area contributed by atoms with Crippen molar-refractivity contribution in [3.63, 3.8) is 0 Å². The monoisotopic (exact) mass is 188 g/mol. The highest BCUT2D eigenvalue weighted by Crippen LogP contribution is 2.46. The highest BCUT2D eigenvalue weighted by molar-refractivity contribution is 5.88. The largest absolute Gasteiger partial charge is 0.299 e. The molecule has 0 unspecified atom stereocenters. The molecular weight excluding hydrogens is 172 g/mol. The summed E-state index contributed by atoms with van der Waals surface area (Å²) in [7, 11) is 0. The van der Waals surface area contributed by atoms with Crippen LogP contribution in [-0.4, -0.2) is 5.78 Å². The van der Waals surface area contributed by atoms with E-state index in [1.165, 1.54) is 11.1 Å². The summed E-state index contributed by atoms with van der Waals surface area (Å²) in [4.78, 5) is 11.8. The Bertz CT molecular complexity index is 361. The molecule has 14 heavy (non-hydrogen) atoms. The molecule has 1 aromatic carbocycles. The third kappa shape index (κ3) is 1.72. The van der Waals surface area contributed by atoms with Crippen molar-refractivity contribution in [1.82, 2.24) is 0 Å². The summed E-state index contributed by atoms with van der Waals surface area (Å²) in [5.41, 5.74) is 2.43. The number of aryl methyl sites for hydroxylation is 1. The van der Waals surface area contributed by atoms with Crippen LogP contribution in [0.3, 0.4) is 0 Å². The van der Waals surface area contributed by atoms with E-state index in [2.05, 4.69) is 26.0 Å². The number of carbonyl (C=O) groups excluding carboxylic acids is 1. The Morgan fingerprint density at radius 1 is 1.36 bits per heavy atom. The molecule has 0 bridgehead atoms. The molecule has 1 heteroatoms. The van der Waals surface area contributed by atoms with E-state index in [-0.39, 0.29) is 5.41 Å². The Morgan fingerprint density at radius 2 is 2.00 bits per heavy atom. The maximum absolute atomic E-state index is 11.8. The van der Waals surface area contributed by atoms with E-state index >= 15 is 0 Å². The Kier molecular flexibility index (Phi) is 2.18. The van der Waals surface area contributed by atoms with Crippen LogP contribution in [0, 0.1) is 12.3 Å². The van der Waals surface area contributed by atoms with Crippen LogP contribution in [0.15, 0.2) is 24.3 Å². The lowest BCUT2D eigenvalue weighted by atomic mass is 9.95. The minimum atomic E-state index is 0.0162. The van der Waals surface area contributed by atoms with E-state index in [0.717, 1.165) is 12.8 Å². The molecule has 0 saturated heterocycles. The van der Waals surface area contributed by atoms with Crippen molar-refractivity contribution in [1.29, 1.82) is 0 Å². The van der Waals surface area contributed by atoms with Crippen molar-refractivity contribution in [3.05, 3.63) is 35.4 Å². The van der Waals surface area contributed by atoms with E-state index in [1.807, 2.05) is 12.1 Å². The van der Waals surface area contributed by atoms with Crippen molar-refractivity contribution in [2.24, 2.45) is 5.41 Å². The Balaban J connectivity index is 2.11. The molecule has 1 fully saturated rings. The fourth-order valence-electron chi connectivity index (χ4n) is 1.66. The lowest BCUT2D eigenvalue weighted by Gasteiger charge is -2.08. The molecule has 0 spiro atoms. The summed E-state index contributed by atoms with van der Waals surface area (Å²) in [6.07, 6.45) is 2.78. The Morgan fingerprint density at radius 3 is 2.57 bits per heavy atom. The minimum Gasteiger partial charge on any atom is -0.299 e. The molecule has 0 aromatic heterocycles. The predicted molar refractivity (Wildman–Crippen MR) is 57.2 cm³/mol. The molecule has 0 atom stereocenters. The first-order chi connectivity index (χ1) is 6.62. The van der Waals surface area contributed by atoms with Crippen LogP contribution < -0.4 is 0 Å². The van der Waals surface area contributed by atoms with Crippen LogP contribution in [0.5, 0.6) is 0 Å². The summed E-state index contributed by atoms with van der Waals surface area (Å²) in [5, 5.41) is 0. The molecule has 1 aliphatic rings. The van der Waals surface area contributed by atoms with Gasteiger partial charge in [-0.25, -0.2) is 0 Å². The second kappa shape index (κ2) is 3.23. The van der Waals surface area contributed by atoms with Gasteiger partial charge in [-0.15, -0.1) is 0 Å². The van der Waals surface area contributed by atoms with Crippen molar-refractivity contribution < 1.29 is 4.79 Å². The molecule has 1 aromatic rings. The fraction of sp³-hybridized carbons (Fsp3) is 0.462. The zero-order chi connectivity index (χ0) is 10.2. The highest BCUT2D eigenvalue weighted by atomic mass is 16.1. The molecule has 0 N–H and O–H groups in total. The van der Waals surface area contributed by atoms with Crippen LogP contribution in [0.2, 0.25) is 0 Å². The van der Waals surface area contributed by atoms with Gasteiger partial charge in [0.2, 0.25) is 0 Å². The lowest BCUT2D eigenvalue weighted by molar-refractivity contribution is -0.122. The first kappa shape index (κ1) is 9.45. The van der Waals surface area contributed by atoms with Crippen LogP contribution in [0.25, 0.3) is 0 Å². The maximum Gasteiger partial charge on any atom is 0.143 e. The molecule has 0 aliphatic heterocycles. The third-order valence-corrected chi connectivity index (χ3v) is 3.29. The second-order valence-corrected chi connectivity index (χ2v) is 4.59. The molecule has 1 aliphatic carbocycles. The molecular formula is C13H16O. The van der Waals surface area contributed by atoms with Crippen LogP contribution in [-0.2, 0) is 11.2 Å². The topological polar surface area (TPSA) is 17.1 Å². The average molecular weight is 188 g/mol. The zero-order valence-electron chi connectivity index (χ0n) is 8.84. The maximum atomic E-state index is 11.8. The Hall–Kier alpha value is -1.11. The second-order valence-electron chi connectivity index (χ2n) is 4.59. The van der Waals surface area contributed by atoms with Gasteiger partial charge in [0.15, 0.2) is 0 Å². The molecule has 1 saturated carbocycles. The zero-order valence-corrected chi connectivity index (χ0v) is 8.84. The average Bonchev–Trinajstić information content (AvgIpc) is 2.89. The Labute approximate surface area is 85.1 Å². The van der Waals surface area contributed by atoms with Crippen LogP contribution in [0.4, 0.5) is 0 Å². The smallest absolute Gasteiger partial charge is 0.143 e. The molecule has 0 radical (unpaired) electrons. The number of hydrogen-bond acceptors (Lipinski definition) is 1. The molecule has 1 nitrogen and oxygen atoms in total. The van der Waals surface area contributed by atoms with E-state index in [9.17, 15) is 4.79 Å². The summed E-state index contributed by atoms with van der Waals surface area (Å²) >= 11 is 0. The van der Waals surface area contributed by atoms with Crippen molar-refractivity contribution >= 4 is 5.78 Å². The van der Waals surface area contributed by atoms with Crippen molar-refractivity contribution in [2.45, 2.75) is 33.1 Å². The van der Waals surface area contributed by atoms with Gasteiger partial charge < -0.3 is 0 Å². The van der Waals surface area contributed by atoms with Gasteiger partial charge in [0.05, 0.1) is 0 Å². The van der Waals surface area contributed by atoms with E-state index in [1.54, 1.807) is 0 Å². The van der Waals surface area contributed by atoms with E-state index in [0.29, 0.717) is 12.2 Å². The molecule has 74 valence electrons.